The van der Waals surface area contributed by atoms with Crippen LogP contribution >= 0.6 is 0 Å². The molecule has 1 rings (SSSR count). The monoisotopic (exact) mass is 231 g/mol. The lowest BCUT2D eigenvalue weighted by atomic mass is 10.2. The van der Waals surface area contributed by atoms with Crippen LogP contribution in [0.25, 0.3) is 0 Å². The Hall–Kier alpha value is -1.30. The molecule has 0 aromatic carbocycles. The van der Waals surface area contributed by atoms with Crippen molar-refractivity contribution in [3.05, 3.63) is 17.7 Å². The van der Waals surface area contributed by atoms with Gasteiger partial charge in [0, 0.05) is 12.5 Å². The number of hydrogen-bond donors (Lipinski definition) is 1. The third-order valence-corrected chi connectivity index (χ3v) is 1.92. The summed E-state index contributed by atoms with van der Waals surface area (Å²) in [5.74, 6) is 1.02. The van der Waals surface area contributed by atoms with E-state index in [2.05, 4.69) is 9.97 Å². The highest BCUT2D eigenvalue weighted by Gasteiger charge is 2.11. The summed E-state index contributed by atoms with van der Waals surface area (Å²) in [6.07, 6.45) is -1.12. The van der Waals surface area contributed by atoms with E-state index in [-0.39, 0.29) is 18.2 Å². The molecule has 0 unspecified atom stereocenters. The highest BCUT2D eigenvalue weighted by Crippen LogP contribution is 2.18. The molecule has 90 valence electrons. The molecule has 0 atom stereocenters. The number of alkyl halides is 2. The van der Waals surface area contributed by atoms with Gasteiger partial charge < -0.3 is 10.5 Å². The molecule has 0 bridgehead atoms. The molecular formula is C10H15F2N3O. The molecule has 0 fully saturated rings. The SMILES string of the molecule is CC(C)c1ncc(OCC(F)F)c(CN)n1. The molecule has 0 saturated heterocycles. The highest BCUT2D eigenvalue weighted by atomic mass is 19.3. The zero-order valence-electron chi connectivity index (χ0n) is 9.28. The fourth-order valence-electron chi connectivity index (χ4n) is 1.12. The Labute approximate surface area is 92.8 Å². The molecule has 0 aliphatic carbocycles. The number of ether oxygens (including phenoxy) is 1. The van der Waals surface area contributed by atoms with Crippen LogP contribution in [0.15, 0.2) is 6.20 Å². The van der Waals surface area contributed by atoms with E-state index in [0.29, 0.717) is 11.5 Å². The van der Waals surface area contributed by atoms with Crippen molar-refractivity contribution in [1.82, 2.24) is 9.97 Å². The number of aromatic nitrogens is 2. The van der Waals surface area contributed by atoms with Crippen molar-refractivity contribution in [3.8, 4) is 5.75 Å². The summed E-state index contributed by atoms with van der Waals surface area (Å²) < 4.78 is 28.8. The molecule has 1 aromatic heterocycles. The van der Waals surface area contributed by atoms with Gasteiger partial charge in [-0.05, 0) is 0 Å². The Bertz CT molecular complexity index is 345. The molecule has 0 radical (unpaired) electrons. The predicted molar refractivity (Wildman–Crippen MR) is 55.5 cm³/mol. The lowest BCUT2D eigenvalue weighted by Gasteiger charge is -2.11. The van der Waals surface area contributed by atoms with Crippen LogP contribution in [0.4, 0.5) is 8.78 Å². The zero-order chi connectivity index (χ0) is 12.1. The van der Waals surface area contributed by atoms with Gasteiger partial charge in [0.25, 0.3) is 6.43 Å². The molecule has 1 heterocycles. The Morgan fingerprint density at radius 2 is 2.12 bits per heavy atom. The molecule has 6 heteroatoms. The molecule has 16 heavy (non-hydrogen) atoms. The van der Waals surface area contributed by atoms with Crippen LogP contribution in [0, 0.1) is 0 Å². The summed E-state index contributed by atoms with van der Waals surface area (Å²) in [4.78, 5) is 8.19. The Morgan fingerprint density at radius 1 is 1.44 bits per heavy atom. The van der Waals surface area contributed by atoms with Gasteiger partial charge in [-0.1, -0.05) is 13.8 Å². The quantitative estimate of drug-likeness (QED) is 0.837. The van der Waals surface area contributed by atoms with Gasteiger partial charge in [-0.15, -0.1) is 0 Å². The van der Waals surface area contributed by atoms with E-state index < -0.39 is 13.0 Å². The first-order chi connectivity index (χ1) is 7.54. The lowest BCUT2D eigenvalue weighted by Crippen LogP contribution is -2.13. The minimum absolute atomic E-state index is 0.140. The van der Waals surface area contributed by atoms with Crippen molar-refractivity contribution in [2.75, 3.05) is 6.61 Å². The van der Waals surface area contributed by atoms with E-state index >= 15 is 0 Å². The van der Waals surface area contributed by atoms with Crippen molar-refractivity contribution in [2.45, 2.75) is 32.7 Å². The van der Waals surface area contributed by atoms with Crippen molar-refractivity contribution in [1.29, 1.82) is 0 Å². The van der Waals surface area contributed by atoms with Gasteiger partial charge in [0.05, 0.1) is 11.9 Å². The van der Waals surface area contributed by atoms with E-state index in [1.165, 1.54) is 6.20 Å². The van der Waals surface area contributed by atoms with Crippen LogP contribution < -0.4 is 10.5 Å². The molecule has 0 amide bonds. The first-order valence-corrected chi connectivity index (χ1v) is 5.01. The summed E-state index contributed by atoms with van der Waals surface area (Å²) in [6, 6.07) is 0. The standard InChI is InChI=1S/C10H15F2N3O/c1-6(2)10-14-4-8(7(3-13)15-10)16-5-9(11)12/h4,6,9H,3,5,13H2,1-2H3. The summed E-state index contributed by atoms with van der Waals surface area (Å²) in [5, 5.41) is 0. The summed E-state index contributed by atoms with van der Waals surface area (Å²) in [5.41, 5.74) is 5.93. The number of rotatable bonds is 5. The van der Waals surface area contributed by atoms with E-state index in [1.807, 2.05) is 13.8 Å². The normalized spacial score (nSPS) is 11.2. The molecule has 4 nitrogen and oxygen atoms in total. The van der Waals surface area contributed by atoms with Crippen molar-refractivity contribution < 1.29 is 13.5 Å². The molecule has 0 spiro atoms. The number of hydrogen-bond acceptors (Lipinski definition) is 4. The second kappa shape index (κ2) is 5.69. The molecule has 0 saturated carbocycles. The maximum Gasteiger partial charge on any atom is 0.272 e. The van der Waals surface area contributed by atoms with Crippen LogP contribution in [0.1, 0.15) is 31.3 Å². The third-order valence-electron chi connectivity index (χ3n) is 1.92. The van der Waals surface area contributed by atoms with Crippen LogP contribution in [-0.2, 0) is 6.54 Å². The lowest BCUT2D eigenvalue weighted by molar-refractivity contribution is 0.0809. The van der Waals surface area contributed by atoms with Gasteiger partial charge in [-0.25, -0.2) is 18.7 Å². The molecule has 1 aromatic rings. The van der Waals surface area contributed by atoms with Gasteiger partial charge >= 0.3 is 0 Å². The molecule has 0 aliphatic rings. The molecule has 0 aliphatic heterocycles. The smallest absolute Gasteiger partial charge is 0.272 e. The summed E-state index contributed by atoms with van der Waals surface area (Å²) in [7, 11) is 0. The van der Waals surface area contributed by atoms with Crippen LogP contribution in [0.5, 0.6) is 5.75 Å². The van der Waals surface area contributed by atoms with Crippen molar-refractivity contribution in [2.24, 2.45) is 5.73 Å². The highest BCUT2D eigenvalue weighted by molar-refractivity contribution is 5.25. The van der Waals surface area contributed by atoms with Gasteiger partial charge in [0.1, 0.15) is 12.4 Å². The average molecular weight is 231 g/mol. The molecule has 2 N–H and O–H groups in total. The number of halogens is 2. The summed E-state index contributed by atoms with van der Waals surface area (Å²) in [6.45, 7) is 3.35. The maximum absolute atomic E-state index is 12.0. The van der Waals surface area contributed by atoms with E-state index in [0.717, 1.165) is 0 Å². The van der Waals surface area contributed by atoms with E-state index in [4.69, 9.17) is 10.5 Å². The van der Waals surface area contributed by atoms with Gasteiger partial charge in [-0.3, -0.25) is 0 Å². The average Bonchev–Trinajstić information content (AvgIpc) is 2.25. The third kappa shape index (κ3) is 3.37. The number of nitrogens with zero attached hydrogens (tertiary/aromatic N) is 2. The Balaban J connectivity index is 2.84. The fraction of sp³-hybridized carbons (Fsp3) is 0.600. The fourth-order valence-corrected chi connectivity index (χ4v) is 1.12. The van der Waals surface area contributed by atoms with Crippen LogP contribution in [-0.4, -0.2) is 23.0 Å². The van der Waals surface area contributed by atoms with E-state index in [9.17, 15) is 8.78 Å². The minimum atomic E-state index is -2.52. The van der Waals surface area contributed by atoms with Crippen LogP contribution in [0.2, 0.25) is 0 Å². The summed E-state index contributed by atoms with van der Waals surface area (Å²) >= 11 is 0. The van der Waals surface area contributed by atoms with Gasteiger partial charge in [0.2, 0.25) is 0 Å². The second-order valence-corrected chi connectivity index (χ2v) is 3.60. The Morgan fingerprint density at radius 3 is 2.62 bits per heavy atom. The van der Waals surface area contributed by atoms with Gasteiger partial charge in [-0.2, -0.15) is 0 Å². The first-order valence-electron chi connectivity index (χ1n) is 5.01. The van der Waals surface area contributed by atoms with E-state index in [1.54, 1.807) is 0 Å². The maximum atomic E-state index is 12.0. The Kier molecular flexibility index (Phi) is 4.54. The van der Waals surface area contributed by atoms with Crippen molar-refractivity contribution in [3.63, 3.8) is 0 Å². The minimum Gasteiger partial charge on any atom is -0.484 e. The topological polar surface area (TPSA) is 61.0 Å². The first kappa shape index (κ1) is 12.8. The second-order valence-electron chi connectivity index (χ2n) is 3.60. The zero-order valence-corrected chi connectivity index (χ0v) is 9.28. The predicted octanol–water partition coefficient (Wildman–Crippen LogP) is 1.70. The van der Waals surface area contributed by atoms with Gasteiger partial charge in [0.15, 0.2) is 5.75 Å². The largest absolute Gasteiger partial charge is 0.484 e. The molecular weight excluding hydrogens is 216 g/mol. The number of nitrogens with two attached hydrogens (primary N) is 1. The van der Waals surface area contributed by atoms with Crippen molar-refractivity contribution >= 4 is 0 Å². The van der Waals surface area contributed by atoms with Crippen LogP contribution in [0.3, 0.4) is 0 Å².